The minimum absolute atomic E-state index is 0.0114. The van der Waals surface area contributed by atoms with Crippen LogP contribution in [0, 0.1) is 5.82 Å². The monoisotopic (exact) mass is 308 g/mol. The maximum absolute atomic E-state index is 13.7. The van der Waals surface area contributed by atoms with Gasteiger partial charge in [0.2, 0.25) is 5.91 Å². The first-order chi connectivity index (χ1) is 10.5. The Kier molecular flexibility index (Phi) is 5.77. The number of methoxy groups -OCH3 is 1. The lowest BCUT2D eigenvalue weighted by Gasteiger charge is -2.38. The first kappa shape index (κ1) is 16.7. The largest absolute Gasteiger partial charge is 0.494 e. The molecule has 1 aliphatic rings. The maximum Gasteiger partial charge on any atom is 0.223 e. The average molecular weight is 308 g/mol. The van der Waals surface area contributed by atoms with Crippen LogP contribution in [-0.4, -0.2) is 36.5 Å². The fraction of sp³-hybridized carbons (Fsp3) is 0.588. The standard InChI is InChI=1S/C17H25FN2O2/c1-12(19)15-5-3-4-10-20(15)17(21)9-7-13-6-8-16(22-2)14(18)11-13/h6,8,11-12,15H,3-5,7,9-10,19H2,1-2H3. The van der Waals surface area contributed by atoms with Gasteiger partial charge < -0.3 is 15.4 Å². The molecule has 2 unspecified atom stereocenters. The van der Waals surface area contributed by atoms with E-state index in [0.29, 0.717) is 12.8 Å². The zero-order valence-electron chi connectivity index (χ0n) is 13.3. The van der Waals surface area contributed by atoms with E-state index >= 15 is 0 Å². The van der Waals surface area contributed by atoms with Crippen molar-refractivity contribution in [3.05, 3.63) is 29.6 Å². The number of piperidine rings is 1. The summed E-state index contributed by atoms with van der Waals surface area (Å²) in [6.45, 7) is 2.73. The number of benzene rings is 1. The Hall–Kier alpha value is -1.62. The molecule has 22 heavy (non-hydrogen) atoms. The highest BCUT2D eigenvalue weighted by atomic mass is 19.1. The van der Waals surface area contributed by atoms with E-state index in [4.69, 9.17) is 10.5 Å². The van der Waals surface area contributed by atoms with Gasteiger partial charge in [-0.05, 0) is 50.3 Å². The highest BCUT2D eigenvalue weighted by molar-refractivity contribution is 5.77. The number of hydrogen-bond donors (Lipinski definition) is 1. The molecule has 0 aromatic heterocycles. The Morgan fingerprint density at radius 3 is 2.91 bits per heavy atom. The van der Waals surface area contributed by atoms with Crippen LogP contribution in [0.1, 0.15) is 38.2 Å². The van der Waals surface area contributed by atoms with E-state index in [1.807, 2.05) is 11.8 Å². The summed E-state index contributed by atoms with van der Waals surface area (Å²) in [5.74, 6) is -0.0553. The minimum atomic E-state index is -0.390. The highest BCUT2D eigenvalue weighted by Crippen LogP contribution is 2.22. The first-order valence-corrected chi connectivity index (χ1v) is 7.90. The Bertz CT molecular complexity index is 519. The molecule has 122 valence electrons. The van der Waals surface area contributed by atoms with Crippen molar-refractivity contribution in [3.8, 4) is 5.75 Å². The fourth-order valence-electron chi connectivity index (χ4n) is 3.07. The first-order valence-electron chi connectivity index (χ1n) is 7.90. The Morgan fingerprint density at radius 2 is 2.27 bits per heavy atom. The minimum Gasteiger partial charge on any atom is -0.494 e. The summed E-state index contributed by atoms with van der Waals surface area (Å²) in [6, 6.07) is 4.96. The van der Waals surface area contributed by atoms with Crippen molar-refractivity contribution in [2.24, 2.45) is 5.73 Å². The smallest absolute Gasteiger partial charge is 0.223 e. The molecule has 0 bridgehead atoms. The lowest BCUT2D eigenvalue weighted by atomic mass is 9.96. The molecule has 2 N–H and O–H groups in total. The van der Waals surface area contributed by atoms with Crippen LogP contribution in [0.4, 0.5) is 4.39 Å². The summed E-state index contributed by atoms with van der Waals surface area (Å²) < 4.78 is 18.6. The molecule has 1 amide bonds. The van der Waals surface area contributed by atoms with Gasteiger partial charge in [0, 0.05) is 25.0 Å². The number of likely N-dealkylation sites (tertiary alicyclic amines) is 1. The number of hydrogen-bond acceptors (Lipinski definition) is 3. The van der Waals surface area contributed by atoms with Gasteiger partial charge in [-0.25, -0.2) is 4.39 Å². The van der Waals surface area contributed by atoms with Crippen LogP contribution < -0.4 is 10.5 Å². The van der Waals surface area contributed by atoms with E-state index < -0.39 is 0 Å². The third-order valence-corrected chi connectivity index (χ3v) is 4.32. The van der Waals surface area contributed by atoms with E-state index in [9.17, 15) is 9.18 Å². The zero-order chi connectivity index (χ0) is 16.1. The molecule has 1 aromatic rings. The number of halogens is 1. The number of ether oxygens (including phenoxy) is 1. The van der Waals surface area contributed by atoms with Crippen molar-refractivity contribution >= 4 is 5.91 Å². The lowest BCUT2D eigenvalue weighted by molar-refractivity contribution is -0.135. The van der Waals surface area contributed by atoms with E-state index in [0.717, 1.165) is 31.4 Å². The summed E-state index contributed by atoms with van der Waals surface area (Å²) in [6.07, 6.45) is 4.04. The SMILES string of the molecule is COc1ccc(CCC(=O)N2CCCCC2C(C)N)cc1F. The molecule has 0 spiro atoms. The molecule has 0 saturated carbocycles. The second-order valence-corrected chi connectivity index (χ2v) is 5.98. The predicted molar refractivity (Wildman–Crippen MR) is 84.3 cm³/mol. The topological polar surface area (TPSA) is 55.6 Å². The fourth-order valence-corrected chi connectivity index (χ4v) is 3.07. The number of aryl methyl sites for hydroxylation is 1. The highest BCUT2D eigenvalue weighted by Gasteiger charge is 2.28. The molecule has 2 atom stereocenters. The van der Waals surface area contributed by atoms with Crippen molar-refractivity contribution in [1.29, 1.82) is 0 Å². The zero-order valence-corrected chi connectivity index (χ0v) is 13.3. The Morgan fingerprint density at radius 1 is 1.50 bits per heavy atom. The van der Waals surface area contributed by atoms with Crippen LogP contribution >= 0.6 is 0 Å². The normalized spacial score (nSPS) is 19.8. The molecule has 2 rings (SSSR count). The van der Waals surface area contributed by atoms with Crippen molar-refractivity contribution in [1.82, 2.24) is 4.90 Å². The second kappa shape index (κ2) is 7.58. The maximum atomic E-state index is 13.7. The van der Waals surface area contributed by atoms with Crippen LogP contribution in [0.15, 0.2) is 18.2 Å². The van der Waals surface area contributed by atoms with Crippen LogP contribution in [0.2, 0.25) is 0 Å². The number of nitrogens with zero attached hydrogens (tertiary/aromatic N) is 1. The van der Waals surface area contributed by atoms with Crippen LogP contribution in [-0.2, 0) is 11.2 Å². The molecule has 0 aliphatic carbocycles. The molecular formula is C17H25FN2O2. The molecule has 1 aromatic carbocycles. The van der Waals surface area contributed by atoms with E-state index in [1.165, 1.54) is 13.2 Å². The van der Waals surface area contributed by atoms with Gasteiger partial charge in [0.05, 0.1) is 7.11 Å². The summed E-state index contributed by atoms with van der Waals surface area (Å²) in [5, 5.41) is 0. The van der Waals surface area contributed by atoms with Gasteiger partial charge >= 0.3 is 0 Å². The van der Waals surface area contributed by atoms with E-state index in [-0.39, 0.29) is 29.6 Å². The van der Waals surface area contributed by atoms with Crippen LogP contribution in [0.5, 0.6) is 5.75 Å². The van der Waals surface area contributed by atoms with Crippen molar-refractivity contribution in [2.75, 3.05) is 13.7 Å². The van der Waals surface area contributed by atoms with Crippen molar-refractivity contribution in [2.45, 2.75) is 51.1 Å². The molecule has 1 aliphatic heterocycles. The predicted octanol–water partition coefficient (Wildman–Crippen LogP) is 2.50. The molecule has 1 fully saturated rings. The lowest BCUT2D eigenvalue weighted by Crippen LogP contribution is -2.51. The number of rotatable bonds is 5. The van der Waals surface area contributed by atoms with E-state index in [2.05, 4.69) is 0 Å². The quantitative estimate of drug-likeness (QED) is 0.909. The van der Waals surface area contributed by atoms with Crippen molar-refractivity contribution in [3.63, 3.8) is 0 Å². The number of amides is 1. The number of nitrogens with two attached hydrogens (primary N) is 1. The molecule has 1 heterocycles. The molecule has 1 saturated heterocycles. The van der Waals surface area contributed by atoms with Crippen molar-refractivity contribution < 1.29 is 13.9 Å². The van der Waals surface area contributed by atoms with Crippen LogP contribution in [0.3, 0.4) is 0 Å². The van der Waals surface area contributed by atoms with Gasteiger partial charge in [-0.15, -0.1) is 0 Å². The van der Waals surface area contributed by atoms with Crippen LogP contribution in [0.25, 0.3) is 0 Å². The van der Waals surface area contributed by atoms with Gasteiger partial charge in [0.1, 0.15) is 0 Å². The third-order valence-electron chi connectivity index (χ3n) is 4.32. The summed E-state index contributed by atoms with van der Waals surface area (Å²) >= 11 is 0. The summed E-state index contributed by atoms with van der Waals surface area (Å²) in [5.41, 5.74) is 6.80. The Balaban J connectivity index is 1.95. The summed E-state index contributed by atoms with van der Waals surface area (Å²) in [7, 11) is 1.44. The molecule has 4 nitrogen and oxygen atoms in total. The molecule has 5 heteroatoms. The number of carbonyl (C=O) groups excluding carboxylic acids is 1. The summed E-state index contributed by atoms with van der Waals surface area (Å²) in [4.78, 5) is 14.4. The van der Waals surface area contributed by atoms with Gasteiger partial charge in [-0.2, -0.15) is 0 Å². The van der Waals surface area contributed by atoms with Gasteiger partial charge in [-0.3, -0.25) is 4.79 Å². The van der Waals surface area contributed by atoms with Gasteiger partial charge in [0.15, 0.2) is 11.6 Å². The molecular weight excluding hydrogens is 283 g/mol. The van der Waals surface area contributed by atoms with Gasteiger partial charge in [-0.1, -0.05) is 6.07 Å². The van der Waals surface area contributed by atoms with Gasteiger partial charge in [0.25, 0.3) is 0 Å². The number of carbonyl (C=O) groups is 1. The second-order valence-electron chi connectivity index (χ2n) is 5.98. The third kappa shape index (κ3) is 3.97. The average Bonchev–Trinajstić information content (AvgIpc) is 2.52. The van der Waals surface area contributed by atoms with E-state index in [1.54, 1.807) is 12.1 Å². The molecule has 0 radical (unpaired) electrons. The Labute approximate surface area is 131 Å².